The Morgan fingerprint density at radius 2 is 1.66 bits per heavy atom. The minimum atomic E-state index is -0.647. The number of nitrogens with zero attached hydrogens (tertiary/aromatic N) is 6. The molecule has 0 aliphatic carbocycles. The number of ether oxygens (including phenoxy) is 1. The normalized spacial score (nSPS) is 20.7. The summed E-state index contributed by atoms with van der Waals surface area (Å²) in [6.45, 7) is 8.06. The third-order valence-corrected chi connectivity index (χ3v) is 8.37. The van der Waals surface area contributed by atoms with Crippen molar-refractivity contribution in [3.05, 3.63) is 54.5 Å². The molecule has 1 amide bonds. The highest BCUT2D eigenvalue weighted by Crippen LogP contribution is 2.31. The van der Waals surface area contributed by atoms with E-state index in [0.717, 1.165) is 43.9 Å². The molecule has 0 unspecified atom stereocenters. The van der Waals surface area contributed by atoms with Gasteiger partial charge in [-0.25, -0.2) is 9.97 Å². The number of nitrogens with one attached hydrogen (secondary N) is 2. The average molecular weight is 558 g/mol. The zero-order chi connectivity index (χ0) is 28.2. The fourth-order valence-corrected chi connectivity index (χ4v) is 5.92. The standard InChI is InChI=1S/C30H39N9O2/c1-37-15-17-39(18-16-37)25-8-13-38(14-9-25)24-4-2-22(3-5-24)33-30-27(28(31)40)35-26(21-6-11-32-12-7-21)29(36-30)34-23-10-19-41-20-23/h2-7,11-12,23,25H,8-10,13-20H2,1H3,(H2,31,40)(H2,33,34,36)/t23-/m1/s1. The lowest BCUT2D eigenvalue weighted by molar-refractivity contribution is 0.0982. The number of carbonyl (C=O) groups is 1. The molecular formula is C30H39N9O2. The molecule has 41 heavy (non-hydrogen) atoms. The molecule has 3 saturated heterocycles. The van der Waals surface area contributed by atoms with Crippen LogP contribution in [0.25, 0.3) is 11.3 Å². The van der Waals surface area contributed by atoms with Gasteiger partial charge in [-0.05, 0) is 62.7 Å². The summed E-state index contributed by atoms with van der Waals surface area (Å²) >= 11 is 0. The topological polar surface area (TPSA) is 125 Å². The Morgan fingerprint density at radius 3 is 2.32 bits per heavy atom. The zero-order valence-corrected chi connectivity index (χ0v) is 23.6. The average Bonchev–Trinajstić information content (AvgIpc) is 3.52. The van der Waals surface area contributed by atoms with Gasteiger partial charge in [0.2, 0.25) is 0 Å². The number of primary amides is 1. The molecule has 3 aliphatic heterocycles. The van der Waals surface area contributed by atoms with Crippen molar-refractivity contribution < 1.29 is 9.53 Å². The lowest BCUT2D eigenvalue weighted by Gasteiger charge is -2.42. The van der Waals surface area contributed by atoms with Crippen LogP contribution in [0.15, 0.2) is 48.8 Å². The Morgan fingerprint density at radius 1 is 0.927 bits per heavy atom. The lowest BCUT2D eigenvalue weighted by Crippen LogP contribution is -2.52. The maximum Gasteiger partial charge on any atom is 0.271 e. The van der Waals surface area contributed by atoms with Gasteiger partial charge in [0.15, 0.2) is 17.3 Å². The highest BCUT2D eigenvalue weighted by Gasteiger charge is 2.27. The van der Waals surface area contributed by atoms with Crippen molar-refractivity contribution in [1.29, 1.82) is 0 Å². The molecule has 0 spiro atoms. The number of anilines is 4. The predicted molar refractivity (Wildman–Crippen MR) is 161 cm³/mol. The fraction of sp³-hybridized carbons (Fsp3) is 0.467. The number of hydrogen-bond acceptors (Lipinski definition) is 10. The summed E-state index contributed by atoms with van der Waals surface area (Å²) in [5.74, 6) is 0.238. The van der Waals surface area contributed by atoms with Crippen LogP contribution in [0.1, 0.15) is 29.8 Å². The van der Waals surface area contributed by atoms with Crippen LogP contribution in [0, 0.1) is 0 Å². The van der Waals surface area contributed by atoms with Crippen molar-refractivity contribution in [1.82, 2.24) is 24.8 Å². The van der Waals surface area contributed by atoms with Gasteiger partial charge in [-0.3, -0.25) is 14.7 Å². The minimum Gasteiger partial charge on any atom is -0.379 e. The molecule has 3 aliphatic rings. The van der Waals surface area contributed by atoms with Crippen molar-refractivity contribution in [3.63, 3.8) is 0 Å². The van der Waals surface area contributed by atoms with Gasteiger partial charge in [-0.1, -0.05) is 0 Å². The number of rotatable bonds is 8. The Kier molecular flexibility index (Phi) is 8.26. The molecule has 1 aromatic carbocycles. The zero-order valence-electron chi connectivity index (χ0n) is 23.6. The van der Waals surface area contributed by atoms with Gasteiger partial charge in [0.25, 0.3) is 5.91 Å². The highest BCUT2D eigenvalue weighted by atomic mass is 16.5. The molecule has 3 fully saturated rings. The van der Waals surface area contributed by atoms with Gasteiger partial charge in [-0.15, -0.1) is 0 Å². The van der Waals surface area contributed by atoms with Crippen LogP contribution in [0.3, 0.4) is 0 Å². The Hall–Kier alpha value is -3.80. The summed E-state index contributed by atoms with van der Waals surface area (Å²) in [4.78, 5) is 33.6. The van der Waals surface area contributed by atoms with Gasteiger partial charge in [0, 0.05) is 81.2 Å². The summed E-state index contributed by atoms with van der Waals surface area (Å²) in [6.07, 6.45) is 6.61. The number of carbonyl (C=O) groups excluding carboxylic acids is 1. The number of piperazine rings is 1. The van der Waals surface area contributed by atoms with Crippen LogP contribution in [0.2, 0.25) is 0 Å². The van der Waals surface area contributed by atoms with E-state index in [1.54, 1.807) is 12.4 Å². The first-order valence-corrected chi connectivity index (χ1v) is 14.5. The monoisotopic (exact) mass is 557 g/mol. The Labute approximate surface area is 241 Å². The number of likely N-dealkylation sites (N-methyl/N-ethyl adjacent to an activating group) is 1. The molecule has 6 rings (SSSR count). The third kappa shape index (κ3) is 6.42. The van der Waals surface area contributed by atoms with Crippen molar-refractivity contribution in [3.8, 4) is 11.3 Å². The second-order valence-electron chi connectivity index (χ2n) is 11.2. The maximum atomic E-state index is 12.5. The van der Waals surface area contributed by atoms with Crippen molar-refractivity contribution in [2.75, 3.05) is 75.1 Å². The molecule has 11 heteroatoms. The molecule has 3 aromatic rings. The van der Waals surface area contributed by atoms with Crippen LogP contribution < -0.4 is 21.3 Å². The van der Waals surface area contributed by atoms with E-state index in [1.165, 1.54) is 31.6 Å². The van der Waals surface area contributed by atoms with E-state index >= 15 is 0 Å². The number of aromatic nitrogens is 3. The first-order valence-electron chi connectivity index (χ1n) is 14.5. The molecule has 0 saturated carbocycles. The van der Waals surface area contributed by atoms with Gasteiger partial charge >= 0.3 is 0 Å². The Balaban J connectivity index is 1.18. The molecule has 4 N–H and O–H groups in total. The SMILES string of the molecule is CN1CCN(C2CCN(c3ccc(Nc4nc(N[C@@H]5CCOC5)c(-c5ccncc5)nc4C(N)=O)cc3)CC2)CC1. The van der Waals surface area contributed by atoms with Crippen molar-refractivity contribution in [2.45, 2.75) is 31.3 Å². The van der Waals surface area contributed by atoms with Gasteiger partial charge in [-0.2, -0.15) is 0 Å². The van der Waals surface area contributed by atoms with E-state index in [1.807, 2.05) is 24.3 Å². The van der Waals surface area contributed by atoms with Crippen molar-refractivity contribution in [2.24, 2.45) is 5.73 Å². The summed E-state index contributed by atoms with van der Waals surface area (Å²) in [7, 11) is 2.21. The predicted octanol–water partition coefficient (Wildman–Crippen LogP) is 2.80. The van der Waals surface area contributed by atoms with E-state index in [2.05, 4.69) is 54.5 Å². The number of pyridine rings is 1. The smallest absolute Gasteiger partial charge is 0.271 e. The van der Waals surface area contributed by atoms with E-state index in [4.69, 9.17) is 15.5 Å². The van der Waals surface area contributed by atoms with Crippen LogP contribution in [0.5, 0.6) is 0 Å². The van der Waals surface area contributed by atoms with Gasteiger partial charge in [0.05, 0.1) is 12.6 Å². The largest absolute Gasteiger partial charge is 0.379 e. The summed E-state index contributed by atoms with van der Waals surface area (Å²) < 4.78 is 5.55. The first kappa shape index (κ1) is 27.4. The number of benzene rings is 1. The maximum absolute atomic E-state index is 12.5. The van der Waals surface area contributed by atoms with Crippen LogP contribution >= 0.6 is 0 Å². The molecule has 0 bridgehead atoms. The van der Waals surface area contributed by atoms with Crippen LogP contribution in [0.4, 0.5) is 23.0 Å². The summed E-state index contributed by atoms with van der Waals surface area (Å²) in [5.41, 5.74) is 9.21. The molecule has 11 nitrogen and oxygen atoms in total. The molecule has 0 radical (unpaired) electrons. The third-order valence-electron chi connectivity index (χ3n) is 8.37. The molecule has 216 valence electrons. The first-order chi connectivity index (χ1) is 20.0. The second-order valence-corrected chi connectivity index (χ2v) is 11.2. The van der Waals surface area contributed by atoms with Crippen LogP contribution in [-0.4, -0.2) is 102 Å². The number of piperidine rings is 1. The van der Waals surface area contributed by atoms with Crippen molar-refractivity contribution >= 4 is 28.9 Å². The number of nitrogens with two attached hydrogens (primary N) is 1. The number of hydrogen-bond donors (Lipinski definition) is 3. The molecular weight excluding hydrogens is 518 g/mol. The van der Waals surface area contributed by atoms with Crippen LogP contribution in [-0.2, 0) is 4.74 Å². The molecule has 5 heterocycles. The number of amides is 1. The van der Waals surface area contributed by atoms with Gasteiger partial charge in [0.1, 0.15) is 5.69 Å². The highest BCUT2D eigenvalue weighted by molar-refractivity contribution is 5.97. The minimum absolute atomic E-state index is 0.0834. The summed E-state index contributed by atoms with van der Waals surface area (Å²) in [5, 5.41) is 6.75. The van der Waals surface area contributed by atoms with E-state index < -0.39 is 5.91 Å². The molecule has 2 aromatic heterocycles. The van der Waals surface area contributed by atoms with E-state index in [0.29, 0.717) is 36.6 Å². The lowest BCUT2D eigenvalue weighted by atomic mass is 10.0. The van der Waals surface area contributed by atoms with E-state index in [9.17, 15) is 4.79 Å². The van der Waals surface area contributed by atoms with E-state index in [-0.39, 0.29) is 11.7 Å². The van der Waals surface area contributed by atoms with Gasteiger partial charge < -0.3 is 30.9 Å². The molecule has 1 atom stereocenters. The fourth-order valence-electron chi connectivity index (χ4n) is 5.92. The quantitative estimate of drug-likeness (QED) is 0.381. The second kappa shape index (κ2) is 12.4. The summed E-state index contributed by atoms with van der Waals surface area (Å²) in [6, 6.07) is 12.7. The Bertz CT molecular complexity index is 1320.